The van der Waals surface area contributed by atoms with Gasteiger partial charge in [-0.3, -0.25) is 15.0 Å². The van der Waals surface area contributed by atoms with Gasteiger partial charge >= 0.3 is 0 Å². The molecule has 0 bridgehead atoms. The highest BCUT2D eigenvalue weighted by Crippen LogP contribution is 2.19. The fourth-order valence-corrected chi connectivity index (χ4v) is 3.70. The Bertz CT molecular complexity index is 1010. The Morgan fingerprint density at radius 3 is 2.19 bits per heavy atom. The number of benzene rings is 3. The third-order valence-electron chi connectivity index (χ3n) is 5.20. The molecule has 3 aromatic carbocycles. The SMILES string of the molecule is O=C(NC(=S)Nc1ccc(CN2CCOCC2)cc1)c1ccc(-c2ccccc2)cc1. The number of thiocarbonyl (C=S) groups is 1. The van der Waals surface area contributed by atoms with Crippen LogP contribution >= 0.6 is 12.2 Å². The maximum Gasteiger partial charge on any atom is 0.257 e. The summed E-state index contributed by atoms with van der Waals surface area (Å²) < 4.78 is 5.39. The maximum atomic E-state index is 12.5. The summed E-state index contributed by atoms with van der Waals surface area (Å²) in [5.74, 6) is -0.235. The molecule has 0 spiro atoms. The quantitative estimate of drug-likeness (QED) is 0.590. The molecule has 0 saturated carbocycles. The van der Waals surface area contributed by atoms with Gasteiger partial charge in [0.1, 0.15) is 0 Å². The van der Waals surface area contributed by atoms with Gasteiger partial charge < -0.3 is 10.1 Å². The van der Waals surface area contributed by atoms with Crippen LogP contribution in [-0.4, -0.2) is 42.2 Å². The molecule has 0 radical (unpaired) electrons. The maximum absolute atomic E-state index is 12.5. The molecule has 1 fully saturated rings. The molecule has 1 aliphatic rings. The van der Waals surface area contributed by atoms with Crippen molar-refractivity contribution in [3.8, 4) is 11.1 Å². The minimum atomic E-state index is -0.235. The molecular weight excluding hydrogens is 406 g/mol. The summed E-state index contributed by atoms with van der Waals surface area (Å²) in [6, 6.07) is 25.6. The molecule has 158 valence electrons. The average Bonchev–Trinajstić information content (AvgIpc) is 2.82. The van der Waals surface area contributed by atoms with E-state index in [4.69, 9.17) is 17.0 Å². The Morgan fingerprint density at radius 2 is 1.52 bits per heavy atom. The number of morpholine rings is 1. The van der Waals surface area contributed by atoms with Crippen LogP contribution in [0.4, 0.5) is 5.69 Å². The first-order valence-electron chi connectivity index (χ1n) is 10.3. The number of amides is 1. The average molecular weight is 432 g/mol. The molecule has 0 aliphatic carbocycles. The van der Waals surface area contributed by atoms with Crippen molar-refractivity contribution in [1.82, 2.24) is 10.2 Å². The molecule has 1 amide bonds. The third-order valence-corrected chi connectivity index (χ3v) is 5.41. The number of carbonyl (C=O) groups is 1. The highest BCUT2D eigenvalue weighted by atomic mass is 32.1. The molecule has 0 aromatic heterocycles. The zero-order valence-electron chi connectivity index (χ0n) is 17.2. The predicted octanol–water partition coefficient (Wildman–Crippen LogP) is 4.31. The first-order valence-corrected chi connectivity index (χ1v) is 10.7. The van der Waals surface area contributed by atoms with E-state index in [-0.39, 0.29) is 11.0 Å². The molecule has 0 atom stereocenters. The van der Waals surface area contributed by atoms with Crippen molar-refractivity contribution in [2.45, 2.75) is 6.54 Å². The van der Waals surface area contributed by atoms with Crippen LogP contribution in [0.1, 0.15) is 15.9 Å². The molecule has 1 heterocycles. The van der Waals surface area contributed by atoms with Crippen molar-refractivity contribution in [3.05, 3.63) is 90.0 Å². The number of rotatable bonds is 5. The van der Waals surface area contributed by atoms with E-state index in [2.05, 4.69) is 27.7 Å². The van der Waals surface area contributed by atoms with Crippen LogP contribution in [0.3, 0.4) is 0 Å². The zero-order valence-corrected chi connectivity index (χ0v) is 18.0. The molecule has 31 heavy (non-hydrogen) atoms. The lowest BCUT2D eigenvalue weighted by molar-refractivity contribution is 0.0342. The molecule has 0 unspecified atom stereocenters. The van der Waals surface area contributed by atoms with Gasteiger partial charge in [0.15, 0.2) is 5.11 Å². The summed E-state index contributed by atoms with van der Waals surface area (Å²) >= 11 is 5.31. The fourth-order valence-electron chi connectivity index (χ4n) is 3.49. The van der Waals surface area contributed by atoms with Gasteiger partial charge in [0.2, 0.25) is 0 Å². The van der Waals surface area contributed by atoms with Crippen LogP contribution in [0, 0.1) is 0 Å². The Kier molecular flexibility index (Phi) is 7.04. The van der Waals surface area contributed by atoms with Gasteiger partial charge in [0.25, 0.3) is 5.91 Å². The number of hydrogen-bond donors (Lipinski definition) is 2. The molecule has 1 aliphatic heterocycles. The lowest BCUT2D eigenvalue weighted by Crippen LogP contribution is -2.35. The van der Waals surface area contributed by atoms with Gasteiger partial charge in [-0.15, -0.1) is 0 Å². The second-order valence-corrected chi connectivity index (χ2v) is 7.85. The first-order chi connectivity index (χ1) is 15.2. The molecular formula is C25H25N3O2S. The second kappa shape index (κ2) is 10.3. The Balaban J connectivity index is 1.29. The minimum Gasteiger partial charge on any atom is -0.379 e. The van der Waals surface area contributed by atoms with Crippen molar-refractivity contribution in [3.63, 3.8) is 0 Å². The summed E-state index contributed by atoms with van der Waals surface area (Å²) in [6.45, 7) is 4.42. The minimum absolute atomic E-state index is 0.235. The van der Waals surface area contributed by atoms with Gasteiger partial charge in [-0.1, -0.05) is 54.6 Å². The van der Waals surface area contributed by atoms with Crippen LogP contribution in [0.5, 0.6) is 0 Å². The number of nitrogens with one attached hydrogen (secondary N) is 2. The van der Waals surface area contributed by atoms with Crippen molar-refractivity contribution in [2.75, 3.05) is 31.6 Å². The molecule has 6 heteroatoms. The van der Waals surface area contributed by atoms with E-state index in [1.54, 1.807) is 12.1 Å². The largest absolute Gasteiger partial charge is 0.379 e. The topological polar surface area (TPSA) is 53.6 Å². The fraction of sp³-hybridized carbons (Fsp3) is 0.200. The van der Waals surface area contributed by atoms with E-state index in [0.29, 0.717) is 5.56 Å². The lowest BCUT2D eigenvalue weighted by Gasteiger charge is -2.26. The van der Waals surface area contributed by atoms with Crippen molar-refractivity contribution in [1.29, 1.82) is 0 Å². The van der Waals surface area contributed by atoms with Crippen molar-refractivity contribution < 1.29 is 9.53 Å². The highest BCUT2D eigenvalue weighted by Gasteiger charge is 2.11. The van der Waals surface area contributed by atoms with Crippen molar-refractivity contribution >= 4 is 28.9 Å². The summed E-state index contributed by atoms with van der Waals surface area (Å²) in [5.41, 5.74) is 4.82. The van der Waals surface area contributed by atoms with Gasteiger partial charge in [-0.05, 0) is 53.2 Å². The monoisotopic (exact) mass is 431 g/mol. The van der Waals surface area contributed by atoms with E-state index in [1.165, 1.54) is 5.56 Å². The van der Waals surface area contributed by atoms with Gasteiger partial charge in [0, 0.05) is 30.9 Å². The molecule has 2 N–H and O–H groups in total. The summed E-state index contributed by atoms with van der Waals surface area (Å²) in [5, 5.41) is 6.10. The molecule has 4 rings (SSSR count). The van der Waals surface area contributed by atoms with E-state index >= 15 is 0 Å². The number of anilines is 1. The van der Waals surface area contributed by atoms with E-state index in [1.807, 2.05) is 54.6 Å². The van der Waals surface area contributed by atoms with E-state index < -0.39 is 0 Å². The normalized spacial score (nSPS) is 14.1. The standard InChI is InChI=1S/C25H25N3O2S/c29-24(22-10-8-21(9-11-22)20-4-2-1-3-5-20)27-25(31)26-23-12-6-19(7-13-23)18-28-14-16-30-17-15-28/h1-13H,14-18H2,(H2,26,27,29,31). The van der Waals surface area contributed by atoms with Crippen LogP contribution in [0.15, 0.2) is 78.9 Å². The Hall–Kier alpha value is -3.06. The van der Waals surface area contributed by atoms with Crippen LogP contribution in [-0.2, 0) is 11.3 Å². The summed E-state index contributed by atoms with van der Waals surface area (Å²) in [7, 11) is 0. The molecule has 3 aromatic rings. The Labute approximate surface area is 188 Å². The zero-order chi connectivity index (χ0) is 21.5. The number of carbonyl (C=O) groups excluding carboxylic acids is 1. The van der Waals surface area contributed by atoms with Gasteiger partial charge in [-0.2, -0.15) is 0 Å². The second-order valence-electron chi connectivity index (χ2n) is 7.44. The summed E-state index contributed by atoms with van der Waals surface area (Å²) in [6.07, 6.45) is 0. The van der Waals surface area contributed by atoms with Gasteiger partial charge in [-0.25, -0.2) is 0 Å². The van der Waals surface area contributed by atoms with Crippen LogP contribution in [0.25, 0.3) is 11.1 Å². The Morgan fingerprint density at radius 1 is 0.871 bits per heavy atom. The van der Waals surface area contributed by atoms with Crippen LogP contribution < -0.4 is 10.6 Å². The predicted molar refractivity (Wildman–Crippen MR) is 128 cm³/mol. The van der Waals surface area contributed by atoms with E-state index in [0.717, 1.165) is 49.7 Å². The first kappa shape index (κ1) is 21.2. The third kappa shape index (κ3) is 5.98. The van der Waals surface area contributed by atoms with Gasteiger partial charge in [0.05, 0.1) is 13.2 Å². The molecule has 1 saturated heterocycles. The van der Waals surface area contributed by atoms with E-state index in [9.17, 15) is 4.79 Å². The highest BCUT2D eigenvalue weighted by molar-refractivity contribution is 7.80. The number of hydrogen-bond acceptors (Lipinski definition) is 4. The lowest BCUT2D eigenvalue weighted by atomic mass is 10.0. The summed E-state index contributed by atoms with van der Waals surface area (Å²) in [4.78, 5) is 14.9. The van der Waals surface area contributed by atoms with Crippen LogP contribution in [0.2, 0.25) is 0 Å². The van der Waals surface area contributed by atoms with Crippen molar-refractivity contribution in [2.24, 2.45) is 0 Å². The number of nitrogens with zero attached hydrogens (tertiary/aromatic N) is 1. The number of ether oxygens (including phenoxy) is 1. The smallest absolute Gasteiger partial charge is 0.257 e. The molecule has 5 nitrogen and oxygen atoms in total.